The van der Waals surface area contributed by atoms with Gasteiger partial charge in [0.15, 0.2) is 0 Å². The molecule has 0 bridgehead atoms. The highest BCUT2D eigenvalue weighted by Crippen LogP contribution is 2.28. The third kappa shape index (κ3) is 2.68. The smallest absolute Gasteiger partial charge is 0.261 e. The van der Waals surface area contributed by atoms with Crippen LogP contribution in [0.15, 0.2) is 41.7 Å². The maximum Gasteiger partial charge on any atom is 0.261 e. The van der Waals surface area contributed by atoms with E-state index in [0.29, 0.717) is 28.9 Å². The first-order valence-electron chi connectivity index (χ1n) is 8.01. The largest absolute Gasteiger partial charge is 0.367 e. The first kappa shape index (κ1) is 14.6. The Balaban J connectivity index is 1.81. The Labute approximate surface area is 138 Å². The number of nitrogens with zero attached hydrogens (tertiary/aromatic N) is 4. The molecule has 1 aliphatic carbocycles. The minimum Gasteiger partial charge on any atom is -0.367 e. The van der Waals surface area contributed by atoms with E-state index in [4.69, 9.17) is 0 Å². The van der Waals surface area contributed by atoms with Gasteiger partial charge < -0.3 is 15.2 Å². The lowest BCUT2D eigenvalue weighted by atomic mass is 9.93. The number of anilines is 3. The summed E-state index contributed by atoms with van der Waals surface area (Å²) >= 11 is 0. The Kier molecular flexibility index (Phi) is 3.60. The number of aryl methyl sites for hydroxylation is 1. The Hall–Kier alpha value is -2.96. The molecule has 3 heterocycles. The summed E-state index contributed by atoms with van der Waals surface area (Å²) in [5, 5.41) is 8.03. The number of hydrogen-bond donors (Lipinski definition) is 2. The van der Waals surface area contributed by atoms with Crippen LogP contribution in [0.1, 0.15) is 19.3 Å². The number of nitrogens with one attached hydrogen (secondary N) is 2. The molecule has 4 rings (SSSR count). The molecule has 24 heavy (non-hydrogen) atoms. The molecule has 0 unspecified atom stereocenters. The Morgan fingerprint density at radius 3 is 2.83 bits per heavy atom. The van der Waals surface area contributed by atoms with Crippen LogP contribution in [0.4, 0.5) is 17.5 Å². The number of rotatable bonds is 4. The summed E-state index contributed by atoms with van der Waals surface area (Å²) in [6.07, 6.45) is 10.1. The van der Waals surface area contributed by atoms with E-state index in [1.165, 1.54) is 6.42 Å². The predicted molar refractivity (Wildman–Crippen MR) is 93.6 cm³/mol. The van der Waals surface area contributed by atoms with Crippen molar-refractivity contribution in [3.63, 3.8) is 0 Å². The van der Waals surface area contributed by atoms with Gasteiger partial charge in [0.1, 0.15) is 17.5 Å². The second-order valence-corrected chi connectivity index (χ2v) is 6.04. The monoisotopic (exact) mass is 322 g/mol. The number of pyridine rings is 2. The van der Waals surface area contributed by atoms with E-state index < -0.39 is 0 Å². The van der Waals surface area contributed by atoms with Gasteiger partial charge in [-0.1, -0.05) is 0 Å². The predicted octanol–water partition coefficient (Wildman–Crippen LogP) is 2.43. The molecule has 7 nitrogen and oxygen atoms in total. The molecule has 1 aliphatic rings. The van der Waals surface area contributed by atoms with Crippen molar-refractivity contribution < 1.29 is 0 Å². The van der Waals surface area contributed by atoms with Crippen molar-refractivity contribution in [1.82, 2.24) is 19.5 Å². The van der Waals surface area contributed by atoms with Gasteiger partial charge in [-0.05, 0) is 36.8 Å². The van der Waals surface area contributed by atoms with Crippen LogP contribution in [-0.2, 0) is 7.05 Å². The van der Waals surface area contributed by atoms with E-state index >= 15 is 0 Å². The fraction of sp³-hybridized carbons (Fsp3) is 0.294. The van der Waals surface area contributed by atoms with Gasteiger partial charge in [0.2, 0.25) is 0 Å². The molecule has 3 aromatic heterocycles. The van der Waals surface area contributed by atoms with Crippen molar-refractivity contribution in [3.8, 4) is 0 Å². The quantitative estimate of drug-likeness (QED) is 0.767. The van der Waals surface area contributed by atoms with Crippen molar-refractivity contribution in [2.45, 2.75) is 25.3 Å². The fourth-order valence-electron chi connectivity index (χ4n) is 2.77. The van der Waals surface area contributed by atoms with Crippen LogP contribution in [-0.4, -0.2) is 25.6 Å². The van der Waals surface area contributed by atoms with Gasteiger partial charge in [0.25, 0.3) is 5.56 Å². The maximum atomic E-state index is 12.5. The van der Waals surface area contributed by atoms with Crippen LogP contribution >= 0.6 is 0 Å². The molecule has 0 aliphatic heterocycles. The van der Waals surface area contributed by atoms with Crippen molar-refractivity contribution in [3.05, 3.63) is 47.3 Å². The molecule has 0 spiro atoms. The summed E-state index contributed by atoms with van der Waals surface area (Å²) in [5.41, 5.74) is -0.0483. The molecule has 0 atom stereocenters. The van der Waals surface area contributed by atoms with Crippen LogP contribution in [0.5, 0.6) is 0 Å². The molecule has 3 aromatic rings. The zero-order valence-electron chi connectivity index (χ0n) is 13.4. The molecule has 122 valence electrons. The van der Waals surface area contributed by atoms with Crippen molar-refractivity contribution in [2.75, 3.05) is 10.6 Å². The second-order valence-electron chi connectivity index (χ2n) is 6.04. The highest BCUT2D eigenvalue weighted by atomic mass is 16.1. The lowest BCUT2D eigenvalue weighted by Crippen LogP contribution is -2.29. The first-order valence-corrected chi connectivity index (χ1v) is 8.01. The molecular weight excluding hydrogens is 304 g/mol. The SMILES string of the molecule is Cn1ccc2cc(Nc3cnccn3)nc(NC3CCC3)c2c1=O. The van der Waals surface area contributed by atoms with Gasteiger partial charge in [0.05, 0.1) is 11.6 Å². The first-order chi connectivity index (χ1) is 11.7. The summed E-state index contributed by atoms with van der Waals surface area (Å²) in [5.74, 6) is 1.88. The maximum absolute atomic E-state index is 12.5. The van der Waals surface area contributed by atoms with E-state index in [2.05, 4.69) is 25.6 Å². The van der Waals surface area contributed by atoms with Crippen LogP contribution < -0.4 is 16.2 Å². The molecule has 1 saturated carbocycles. The molecule has 7 heteroatoms. The Bertz CT molecular complexity index is 933. The van der Waals surface area contributed by atoms with E-state index in [1.807, 2.05) is 12.1 Å². The van der Waals surface area contributed by atoms with Gasteiger partial charge >= 0.3 is 0 Å². The second kappa shape index (κ2) is 5.92. The molecule has 0 saturated heterocycles. The lowest BCUT2D eigenvalue weighted by molar-refractivity contribution is 0.445. The number of aromatic nitrogens is 4. The lowest BCUT2D eigenvalue weighted by Gasteiger charge is -2.27. The minimum absolute atomic E-state index is 0.0483. The molecule has 0 radical (unpaired) electrons. The van der Waals surface area contributed by atoms with Crippen LogP contribution in [0.2, 0.25) is 0 Å². The molecular formula is C17H18N6O. The van der Waals surface area contributed by atoms with Crippen molar-refractivity contribution in [1.29, 1.82) is 0 Å². The zero-order valence-corrected chi connectivity index (χ0v) is 13.4. The van der Waals surface area contributed by atoms with Crippen molar-refractivity contribution >= 4 is 28.2 Å². The van der Waals surface area contributed by atoms with Gasteiger partial charge in [-0.2, -0.15) is 0 Å². The normalized spacial score (nSPS) is 14.4. The molecule has 1 fully saturated rings. The summed E-state index contributed by atoms with van der Waals surface area (Å²) in [7, 11) is 1.75. The van der Waals surface area contributed by atoms with Gasteiger partial charge in [-0.15, -0.1) is 0 Å². The summed E-state index contributed by atoms with van der Waals surface area (Å²) in [6.45, 7) is 0. The summed E-state index contributed by atoms with van der Waals surface area (Å²) < 4.78 is 1.58. The number of fused-ring (bicyclic) bond motifs is 1. The highest BCUT2D eigenvalue weighted by molar-refractivity contribution is 5.93. The summed E-state index contributed by atoms with van der Waals surface area (Å²) in [4.78, 5) is 25.4. The van der Waals surface area contributed by atoms with E-state index in [9.17, 15) is 4.79 Å². The average molecular weight is 322 g/mol. The van der Waals surface area contributed by atoms with Gasteiger partial charge in [0, 0.05) is 31.7 Å². The van der Waals surface area contributed by atoms with E-state index in [1.54, 1.807) is 36.4 Å². The van der Waals surface area contributed by atoms with Gasteiger partial charge in [-0.3, -0.25) is 9.78 Å². The third-order valence-electron chi connectivity index (χ3n) is 4.33. The van der Waals surface area contributed by atoms with E-state index in [0.717, 1.165) is 18.2 Å². The molecule has 0 amide bonds. The third-order valence-corrected chi connectivity index (χ3v) is 4.33. The zero-order chi connectivity index (χ0) is 16.5. The molecule has 0 aromatic carbocycles. The van der Waals surface area contributed by atoms with Gasteiger partial charge in [-0.25, -0.2) is 9.97 Å². The Morgan fingerprint density at radius 1 is 1.25 bits per heavy atom. The summed E-state index contributed by atoms with van der Waals surface area (Å²) in [6, 6.07) is 4.17. The average Bonchev–Trinajstić information content (AvgIpc) is 2.55. The van der Waals surface area contributed by atoms with E-state index in [-0.39, 0.29) is 5.56 Å². The number of hydrogen-bond acceptors (Lipinski definition) is 6. The van der Waals surface area contributed by atoms with Crippen LogP contribution in [0.25, 0.3) is 10.8 Å². The topological polar surface area (TPSA) is 84.7 Å². The standard InChI is InChI=1S/C17H18N6O/c1-23-8-5-11-9-13(21-14-10-18-6-7-19-14)22-16(15(11)17(23)24)20-12-3-2-4-12/h5-10,12H,2-4H2,1H3,(H2,19,20,21,22). The minimum atomic E-state index is -0.0483. The Morgan fingerprint density at radius 2 is 2.12 bits per heavy atom. The van der Waals surface area contributed by atoms with Crippen LogP contribution in [0, 0.1) is 0 Å². The molecule has 2 N–H and O–H groups in total. The highest BCUT2D eigenvalue weighted by Gasteiger charge is 2.20. The van der Waals surface area contributed by atoms with Crippen LogP contribution in [0.3, 0.4) is 0 Å². The fourth-order valence-corrected chi connectivity index (χ4v) is 2.77. The van der Waals surface area contributed by atoms with Crippen molar-refractivity contribution in [2.24, 2.45) is 7.05 Å².